The van der Waals surface area contributed by atoms with E-state index >= 15 is 0 Å². The minimum absolute atomic E-state index is 0.422. The summed E-state index contributed by atoms with van der Waals surface area (Å²) in [5.41, 5.74) is 6.09. The molecular weight excluding hydrogens is 222 g/mol. The first-order chi connectivity index (χ1) is 8.44. The number of nitrogens with two attached hydrogens (primary N) is 1. The summed E-state index contributed by atoms with van der Waals surface area (Å²) in [6.45, 7) is 9.32. The minimum atomic E-state index is 0.422. The van der Waals surface area contributed by atoms with E-state index in [2.05, 4.69) is 37.7 Å². The van der Waals surface area contributed by atoms with Crippen LogP contribution >= 0.6 is 0 Å². The van der Waals surface area contributed by atoms with Gasteiger partial charge in [0.15, 0.2) is 0 Å². The SMILES string of the molecule is CN(C)C1CCCN(CCCC(C)(C)CCN)C1. The van der Waals surface area contributed by atoms with Crippen molar-refractivity contribution in [3.05, 3.63) is 0 Å². The minimum Gasteiger partial charge on any atom is -0.330 e. The van der Waals surface area contributed by atoms with E-state index in [0.29, 0.717) is 5.41 Å². The Hall–Kier alpha value is -0.120. The molecule has 1 aliphatic heterocycles. The lowest BCUT2D eigenvalue weighted by molar-refractivity contribution is 0.127. The molecule has 1 saturated heterocycles. The van der Waals surface area contributed by atoms with Crippen molar-refractivity contribution in [3.8, 4) is 0 Å². The van der Waals surface area contributed by atoms with Crippen LogP contribution in [0.1, 0.15) is 46.0 Å². The average molecular weight is 255 g/mol. The highest BCUT2D eigenvalue weighted by Crippen LogP contribution is 2.26. The van der Waals surface area contributed by atoms with Gasteiger partial charge in [0.1, 0.15) is 0 Å². The highest BCUT2D eigenvalue weighted by Gasteiger charge is 2.22. The third-order valence-electron chi connectivity index (χ3n) is 4.36. The van der Waals surface area contributed by atoms with Gasteiger partial charge in [-0.3, -0.25) is 0 Å². The summed E-state index contributed by atoms with van der Waals surface area (Å²) >= 11 is 0. The Morgan fingerprint density at radius 3 is 2.61 bits per heavy atom. The lowest BCUT2D eigenvalue weighted by atomic mass is 9.84. The maximum absolute atomic E-state index is 5.66. The molecule has 1 rings (SSSR count). The molecule has 0 aromatic carbocycles. The average Bonchev–Trinajstić information content (AvgIpc) is 2.29. The normalized spacial score (nSPS) is 22.7. The summed E-state index contributed by atoms with van der Waals surface area (Å²) in [5.74, 6) is 0. The number of nitrogens with zero attached hydrogens (tertiary/aromatic N) is 2. The first-order valence-electron chi connectivity index (χ1n) is 7.53. The quantitative estimate of drug-likeness (QED) is 0.757. The van der Waals surface area contributed by atoms with Crippen molar-refractivity contribution in [2.45, 2.75) is 52.0 Å². The molecule has 2 N–H and O–H groups in total. The number of likely N-dealkylation sites (tertiary alicyclic amines) is 1. The molecule has 0 spiro atoms. The van der Waals surface area contributed by atoms with Gasteiger partial charge in [-0.2, -0.15) is 0 Å². The Kier molecular flexibility index (Phi) is 6.61. The Morgan fingerprint density at radius 1 is 1.28 bits per heavy atom. The summed E-state index contributed by atoms with van der Waals surface area (Å²) in [7, 11) is 4.41. The predicted molar refractivity (Wildman–Crippen MR) is 79.8 cm³/mol. The maximum atomic E-state index is 5.66. The molecule has 0 aromatic heterocycles. The number of hydrogen-bond donors (Lipinski definition) is 1. The van der Waals surface area contributed by atoms with Crippen LogP contribution in [-0.4, -0.2) is 56.1 Å². The zero-order valence-corrected chi connectivity index (χ0v) is 12.9. The van der Waals surface area contributed by atoms with E-state index in [1.54, 1.807) is 0 Å². The Bertz CT molecular complexity index is 226. The molecule has 108 valence electrons. The summed E-state index contributed by atoms with van der Waals surface area (Å²) in [6, 6.07) is 0.760. The fourth-order valence-electron chi connectivity index (χ4n) is 2.95. The van der Waals surface area contributed by atoms with Gasteiger partial charge in [-0.15, -0.1) is 0 Å². The van der Waals surface area contributed by atoms with Gasteiger partial charge in [-0.1, -0.05) is 13.8 Å². The van der Waals surface area contributed by atoms with Gasteiger partial charge >= 0.3 is 0 Å². The Balaban J connectivity index is 2.23. The summed E-state index contributed by atoms with van der Waals surface area (Å²) < 4.78 is 0. The molecule has 1 heterocycles. The summed E-state index contributed by atoms with van der Waals surface area (Å²) in [6.07, 6.45) is 6.48. The van der Waals surface area contributed by atoms with Crippen molar-refractivity contribution < 1.29 is 0 Å². The fourth-order valence-corrected chi connectivity index (χ4v) is 2.95. The largest absolute Gasteiger partial charge is 0.330 e. The van der Waals surface area contributed by atoms with E-state index in [-0.39, 0.29) is 0 Å². The summed E-state index contributed by atoms with van der Waals surface area (Å²) in [5, 5.41) is 0. The van der Waals surface area contributed by atoms with Gasteiger partial charge < -0.3 is 15.5 Å². The van der Waals surface area contributed by atoms with Crippen LogP contribution in [0.5, 0.6) is 0 Å². The molecule has 1 aliphatic rings. The van der Waals surface area contributed by atoms with Gasteiger partial charge in [0.05, 0.1) is 0 Å². The topological polar surface area (TPSA) is 32.5 Å². The van der Waals surface area contributed by atoms with Gasteiger partial charge in [-0.05, 0) is 71.2 Å². The monoisotopic (exact) mass is 255 g/mol. The predicted octanol–water partition coefficient (Wildman–Crippen LogP) is 2.17. The van der Waals surface area contributed by atoms with Crippen LogP contribution in [-0.2, 0) is 0 Å². The lowest BCUT2D eigenvalue weighted by Gasteiger charge is -2.36. The van der Waals surface area contributed by atoms with Crippen LogP contribution in [0.3, 0.4) is 0 Å². The Labute approximate surface area is 114 Å². The van der Waals surface area contributed by atoms with Crippen molar-refractivity contribution in [1.82, 2.24) is 9.80 Å². The molecule has 1 unspecified atom stereocenters. The van der Waals surface area contributed by atoms with E-state index in [0.717, 1.165) is 19.0 Å². The molecule has 0 saturated carbocycles. The van der Waals surface area contributed by atoms with Gasteiger partial charge in [-0.25, -0.2) is 0 Å². The third-order valence-corrected chi connectivity index (χ3v) is 4.36. The molecule has 18 heavy (non-hydrogen) atoms. The van der Waals surface area contributed by atoms with Crippen molar-refractivity contribution in [2.75, 3.05) is 40.3 Å². The van der Waals surface area contributed by atoms with Gasteiger partial charge in [0.25, 0.3) is 0 Å². The summed E-state index contributed by atoms with van der Waals surface area (Å²) in [4.78, 5) is 5.03. The second kappa shape index (κ2) is 7.46. The van der Waals surface area contributed by atoms with Gasteiger partial charge in [0, 0.05) is 12.6 Å². The third kappa shape index (κ3) is 5.68. The fraction of sp³-hybridized carbons (Fsp3) is 1.00. The van der Waals surface area contributed by atoms with Crippen LogP contribution in [0, 0.1) is 5.41 Å². The van der Waals surface area contributed by atoms with E-state index in [1.165, 1.54) is 45.3 Å². The van der Waals surface area contributed by atoms with E-state index < -0.39 is 0 Å². The molecule has 0 bridgehead atoms. The van der Waals surface area contributed by atoms with Crippen LogP contribution in [0.25, 0.3) is 0 Å². The number of piperidine rings is 1. The second-order valence-corrected chi connectivity index (χ2v) is 6.87. The van der Waals surface area contributed by atoms with Crippen LogP contribution in [0.4, 0.5) is 0 Å². The van der Waals surface area contributed by atoms with Crippen molar-refractivity contribution in [2.24, 2.45) is 11.1 Å². The molecule has 0 amide bonds. The van der Waals surface area contributed by atoms with Crippen LogP contribution < -0.4 is 5.73 Å². The zero-order valence-electron chi connectivity index (χ0n) is 12.9. The van der Waals surface area contributed by atoms with Crippen molar-refractivity contribution >= 4 is 0 Å². The first-order valence-corrected chi connectivity index (χ1v) is 7.53. The molecule has 1 fully saturated rings. The Morgan fingerprint density at radius 2 is 2.00 bits per heavy atom. The van der Waals surface area contributed by atoms with Crippen molar-refractivity contribution in [1.29, 1.82) is 0 Å². The first kappa shape index (κ1) is 15.9. The van der Waals surface area contributed by atoms with E-state index in [4.69, 9.17) is 5.73 Å². The number of rotatable bonds is 7. The molecule has 3 heteroatoms. The molecule has 0 radical (unpaired) electrons. The van der Waals surface area contributed by atoms with Gasteiger partial charge in [0.2, 0.25) is 0 Å². The highest BCUT2D eigenvalue weighted by atomic mass is 15.2. The molecule has 0 aliphatic carbocycles. The molecule has 0 aromatic rings. The number of likely N-dealkylation sites (N-methyl/N-ethyl adjacent to an activating group) is 1. The van der Waals surface area contributed by atoms with E-state index in [1.807, 2.05) is 0 Å². The van der Waals surface area contributed by atoms with Crippen molar-refractivity contribution in [3.63, 3.8) is 0 Å². The van der Waals surface area contributed by atoms with Crippen LogP contribution in [0.15, 0.2) is 0 Å². The van der Waals surface area contributed by atoms with E-state index in [9.17, 15) is 0 Å². The standard InChI is InChI=1S/C15H33N3/c1-15(2,9-10-16)8-6-12-18-11-5-7-14(13-18)17(3)4/h14H,5-13,16H2,1-4H3. The lowest BCUT2D eigenvalue weighted by Crippen LogP contribution is -2.45. The highest BCUT2D eigenvalue weighted by molar-refractivity contribution is 4.78. The number of hydrogen-bond acceptors (Lipinski definition) is 3. The molecular formula is C15H33N3. The zero-order chi connectivity index (χ0) is 13.6. The van der Waals surface area contributed by atoms with Crippen LogP contribution in [0.2, 0.25) is 0 Å². The molecule has 3 nitrogen and oxygen atoms in total. The second-order valence-electron chi connectivity index (χ2n) is 6.87. The molecule has 1 atom stereocenters. The maximum Gasteiger partial charge on any atom is 0.0217 e. The smallest absolute Gasteiger partial charge is 0.0217 e.